The van der Waals surface area contributed by atoms with Crippen molar-refractivity contribution in [1.29, 1.82) is 0 Å². The van der Waals surface area contributed by atoms with Crippen LogP contribution in [-0.2, 0) is 4.79 Å². The second-order valence-corrected chi connectivity index (χ2v) is 7.43. The minimum Gasteiger partial charge on any atom is -0.356 e. The number of ketones is 1. The fourth-order valence-corrected chi connectivity index (χ4v) is 3.50. The molecular formula is C19H16ClN3O4S. The van der Waals surface area contributed by atoms with Gasteiger partial charge in [-0.15, -0.1) is 0 Å². The van der Waals surface area contributed by atoms with Crippen LogP contribution in [0.4, 0.5) is 4.79 Å². The van der Waals surface area contributed by atoms with E-state index in [-0.39, 0.29) is 24.6 Å². The summed E-state index contributed by atoms with van der Waals surface area (Å²) in [4.78, 5) is 52.0. The molecule has 144 valence electrons. The predicted octanol–water partition coefficient (Wildman–Crippen LogP) is 3.34. The molecule has 2 N–H and O–H groups in total. The molecule has 9 heteroatoms. The molecule has 3 rings (SSSR count). The Morgan fingerprint density at radius 1 is 1.25 bits per heavy atom. The summed E-state index contributed by atoms with van der Waals surface area (Å²) in [5.74, 6) is -0.977. The smallest absolute Gasteiger partial charge is 0.293 e. The number of aromatic nitrogens is 1. The molecule has 1 aliphatic rings. The topological polar surface area (TPSA) is 99.3 Å². The van der Waals surface area contributed by atoms with Crippen molar-refractivity contribution >= 4 is 52.3 Å². The van der Waals surface area contributed by atoms with Crippen LogP contribution in [0.3, 0.4) is 0 Å². The van der Waals surface area contributed by atoms with Crippen molar-refractivity contribution < 1.29 is 19.2 Å². The van der Waals surface area contributed by atoms with E-state index in [1.54, 1.807) is 30.3 Å². The second kappa shape index (κ2) is 8.45. The number of benzene rings is 1. The summed E-state index contributed by atoms with van der Waals surface area (Å²) in [6.07, 6.45) is 3.08. The molecule has 1 fully saturated rings. The summed E-state index contributed by atoms with van der Waals surface area (Å²) < 4.78 is 0. The molecule has 2 heterocycles. The lowest BCUT2D eigenvalue weighted by atomic mass is 10.2. The highest BCUT2D eigenvalue weighted by Gasteiger charge is 2.34. The SMILES string of the molecule is CC(=O)c1c[nH]c(C(=O)NCCN2C(=O)S/C(=C/c3ccc(Cl)cc3)C2=O)c1. The van der Waals surface area contributed by atoms with Crippen molar-refractivity contribution in [3.05, 3.63) is 63.3 Å². The first-order valence-electron chi connectivity index (χ1n) is 8.33. The van der Waals surface area contributed by atoms with Crippen LogP contribution in [-0.4, -0.2) is 45.8 Å². The van der Waals surface area contributed by atoms with Crippen molar-refractivity contribution in [2.24, 2.45) is 0 Å². The van der Waals surface area contributed by atoms with Gasteiger partial charge in [0.2, 0.25) is 0 Å². The van der Waals surface area contributed by atoms with Crippen LogP contribution in [0.2, 0.25) is 5.02 Å². The van der Waals surface area contributed by atoms with E-state index >= 15 is 0 Å². The zero-order chi connectivity index (χ0) is 20.3. The number of hydrogen-bond acceptors (Lipinski definition) is 5. The molecule has 2 aromatic rings. The molecule has 0 bridgehead atoms. The van der Waals surface area contributed by atoms with Crippen LogP contribution in [0.5, 0.6) is 0 Å². The van der Waals surface area contributed by atoms with Crippen LogP contribution in [0.15, 0.2) is 41.4 Å². The van der Waals surface area contributed by atoms with E-state index in [1.165, 1.54) is 19.2 Å². The van der Waals surface area contributed by atoms with E-state index in [0.29, 0.717) is 15.5 Å². The first-order valence-corrected chi connectivity index (χ1v) is 9.53. The molecule has 0 unspecified atom stereocenters. The molecule has 1 aliphatic heterocycles. The molecule has 0 radical (unpaired) electrons. The zero-order valence-electron chi connectivity index (χ0n) is 14.8. The van der Waals surface area contributed by atoms with Crippen LogP contribution in [0.25, 0.3) is 6.08 Å². The lowest BCUT2D eigenvalue weighted by Crippen LogP contribution is -2.37. The number of nitrogens with zero attached hydrogens (tertiary/aromatic N) is 1. The summed E-state index contributed by atoms with van der Waals surface area (Å²) in [5, 5.41) is 2.81. The maximum absolute atomic E-state index is 12.4. The molecule has 0 saturated carbocycles. The number of rotatable bonds is 6. The van der Waals surface area contributed by atoms with Crippen molar-refractivity contribution in [1.82, 2.24) is 15.2 Å². The Hall–Kier alpha value is -2.84. The minimum absolute atomic E-state index is 0.0502. The quantitative estimate of drug-likeness (QED) is 0.554. The van der Waals surface area contributed by atoms with E-state index in [4.69, 9.17) is 11.6 Å². The molecule has 7 nitrogen and oxygen atoms in total. The van der Waals surface area contributed by atoms with Gasteiger partial charge in [0.15, 0.2) is 5.78 Å². The number of amides is 3. The Bertz CT molecular complexity index is 981. The van der Waals surface area contributed by atoms with Crippen LogP contribution in [0, 0.1) is 0 Å². The number of Topliss-reactive ketones (excluding diaryl/α,β-unsaturated/α-hetero) is 1. The third-order valence-electron chi connectivity index (χ3n) is 4.00. The minimum atomic E-state index is -0.420. The van der Waals surface area contributed by atoms with Gasteiger partial charge in [0.1, 0.15) is 5.69 Å². The fraction of sp³-hybridized carbons (Fsp3) is 0.158. The molecule has 0 spiro atoms. The highest BCUT2D eigenvalue weighted by molar-refractivity contribution is 8.18. The highest BCUT2D eigenvalue weighted by atomic mass is 35.5. The summed E-state index contributed by atoms with van der Waals surface area (Å²) in [5.41, 5.74) is 1.40. The number of carbonyl (C=O) groups excluding carboxylic acids is 4. The van der Waals surface area contributed by atoms with E-state index in [2.05, 4.69) is 10.3 Å². The van der Waals surface area contributed by atoms with Gasteiger partial charge in [-0.3, -0.25) is 24.1 Å². The standard InChI is InChI=1S/C19H16ClN3O4S/c1-11(24)13-9-15(22-10-13)17(25)21-6-7-23-18(26)16(28-19(23)27)8-12-2-4-14(20)5-3-12/h2-5,8-10,22H,6-7H2,1H3,(H,21,25)/b16-8+. The van der Waals surface area contributed by atoms with E-state index < -0.39 is 17.1 Å². The van der Waals surface area contributed by atoms with Gasteiger partial charge in [0.25, 0.3) is 17.1 Å². The monoisotopic (exact) mass is 417 g/mol. The predicted molar refractivity (Wildman–Crippen MR) is 107 cm³/mol. The number of carbonyl (C=O) groups is 4. The number of halogens is 1. The lowest BCUT2D eigenvalue weighted by molar-refractivity contribution is -0.122. The van der Waals surface area contributed by atoms with Gasteiger partial charge in [-0.05, 0) is 48.5 Å². The van der Waals surface area contributed by atoms with Crippen LogP contribution in [0.1, 0.15) is 33.3 Å². The zero-order valence-corrected chi connectivity index (χ0v) is 16.4. The molecule has 1 aromatic heterocycles. The Morgan fingerprint density at radius 3 is 2.61 bits per heavy atom. The maximum Gasteiger partial charge on any atom is 0.293 e. The van der Waals surface area contributed by atoms with Gasteiger partial charge >= 0.3 is 0 Å². The first-order chi connectivity index (χ1) is 13.3. The fourth-order valence-electron chi connectivity index (χ4n) is 2.51. The van der Waals surface area contributed by atoms with E-state index in [0.717, 1.165) is 22.2 Å². The molecule has 28 heavy (non-hydrogen) atoms. The average Bonchev–Trinajstić information content (AvgIpc) is 3.25. The third kappa shape index (κ3) is 4.52. The van der Waals surface area contributed by atoms with Crippen molar-refractivity contribution in [3.8, 4) is 0 Å². The Balaban J connectivity index is 1.57. The second-order valence-electron chi connectivity index (χ2n) is 6.00. The van der Waals surface area contributed by atoms with Crippen molar-refractivity contribution in [2.75, 3.05) is 13.1 Å². The van der Waals surface area contributed by atoms with Crippen LogP contribution >= 0.6 is 23.4 Å². The Morgan fingerprint density at radius 2 is 1.96 bits per heavy atom. The molecule has 1 saturated heterocycles. The molecule has 0 atom stereocenters. The summed E-state index contributed by atoms with van der Waals surface area (Å²) >= 11 is 6.69. The van der Waals surface area contributed by atoms with Gasteiger partial charge in [0, 0.05) is 29.9 Å². The third-order valence-corrected chi connectivity index (χ3v) is 5.16. The van der Waals surface area contributed by atoms with E-state index in [9.17, 15) is 19.2 Å². The first kappa shape index (κ1) is 19.9. The molecule has 1 aromatic carbocycles. The summed E-state index contributed by atoms with van der Waals surface area (Å²) in [7, 11) is 0. The number of aromatic amines is 1. The van der Waals surface area contributed by atoms with Gasteiger partial charge < -0.3 is 10.3 Å². The Kier molecular flexibility index (Phi) is 6.01. The normalized spacial score (nSPS) is 15.4. The summed E-state index contributed by atoms with van der Waals surface area (Å²) in [6.45, 7) is 1.55. The number of thioether (sulfide) groups is 1. The molecule has 3 amide bonds. The van der Waals surface area contributed by atoms with Gasteiger partial charge in [0.05, 0.1) is 4.91 Å². The Labute approximate surface area is 170 Å². The van der Waals surface area contributed by atoms with Crippen molar-refractivity contribution in [2.45, 2.75) is 6.92 Å². The lowest BCUT2D eigenvalue weighted by Gasteiger charge is -2.12. The molecular weight excluding hydrogens is 402 g/mol. The average molecular weight is 418 g/mol. The van der Waals surface area contributed by atoms with Gasteiger partial charge in [-0.1, -0.05) is 23.7 Å². The highest BCUT2D eigenvalue weighted by Crippen LogP contribution is 2.32. The molecule has 0 aliphatic carbocycles. The maximum atomic E-state index is 12.4. The number of H-pyrrole nitrogens is 1. The number of hydrogen-bond donors (Lipinski definition) is 2. The summed E-state index contributed by atoms with van der Waals surface area (Å²) in [6, 6.07) is 8.35. The van der Waals surface area contributed by atoms with Crippen molar-refractivity contribution in [3.63, 3.8) is 0 Å². The number of imide groups is 1. The van der Waals surface area contributed by atoms with E-state index in [1.807, 2.05) is 0 Å². The van der Waals surface area contributed by atoms with Crippen LogP contribution < -0.4 is 5.32 Å². The number of nitrogens with one attached hydrogen (secondary N) is 2. The van der Waals surface area contributed by atoms with Gasteiger partial charge in [-0.25, -0.2) is 0 Å². The van der Waals surface area contributed by atoms with Gasteiger partial charge in [-0.2, -0.15) is 0 Å². The largest absolute Gasteiger partial charge is 0.356 e.